The number of nitrogens with zero attached hydrogens (tertiary/aromatic N) is 4. The van der Waals surface area contributed by atoms with E-state index in [4.69, 9.17) is 9.40 Å². The van der Waals surface area contributed by atoms with Gasteiger partial charge >= 0.3 is 0 Å². The predicted octanol–water partition coefficient (Wildman–Crippen LogP) is 3.04. The van der Waals surface area contributed by atoms with Crippen LogP contribution < -0.4 is 4.90 Å². The Morgan fingerprint density at radius 3 is 2.52 bits per heavy atom. The minimum Gasteiger partial charge on any atom is -0.456 e. The van der Waals surface area contributed by atoms with Crippen LogP contribution in [0.5, 0.6) is 0 Å². The average molecular weight is 447 g/mol. The lowest BCUT2D eigenvalue weighted by Crippen LogP contribution is -2.38. The van der Waals surface area contributed by atoms with Crippen molar-refractivity contribution in [1.82, 2.24) is 14.9 Å². The molecule has 2 saturated heterocycles. The smallest absolute Gasteiger partial charge is 0.289 e. The summed E-state index contributed by atoms with van der Waals surface area (Å²) in [6, 6.07) is 3.48. The van der Waals surface area contributed by atoms with Crippen molar-refractivity contribution in [1.29, 1.82) is 0 Å². The maximum atomic E-state index is 12.7. The van der Waals surface area contributed by atoms with Crippen LogP contribution in [0.2, 0.25) is 0 Å². The number of anilines is 1. The lowest BCUT2D eigenvalue weighted by atomic mass is 9.93. The van der Waals surface area contributed by atoms with Gasteiger partial charge in [0.05, 0.1) is 11.9 Å². The van der Waals surface area contributed by atoms with Gasteiger partial charge in [-0.25, -0.2) is 18.4 Å². The van der Waals surface area contributed by atoms with E-state index in [1.54, 1.807) is 17.0 Å². The van der Waals surface area contributed by atoms with Crippen molar-refractivity contribution >= 4 is 21.7 Å². The second-order valence-corrected chi connectivity index (χ2v) is 10.8. The SMILES string of the molecule is Cc1ccc(C(=O)N2CCC(c3nc(N4CCC[C@@H](C)C4)ncc3S(C)(=O)=O)CC2)o1. The molecule has 9 heteroatoms. The van der Waals surface area contributed by atoms with Crippen LogP contribution in [0.4, 0.5) is 5.95 Å². The van der Waals surface area contributed by atoms with Crippen molar-refractivity contribution < 1.29 is 17.6 Å². The summed E-state index contributed by atoms with van der Waals surface area (Å²) in [5.41, 5.74) is 0.590. The fourth-order valence-corrected chi connectivity index (χ4v) is 5.37. The van der Waals surface area contributed by atoms with Crippen molar-refractivity contribution in [2.45, 2.75) is 50.3 Å². The van der Waals surface area contributed by atoms with E-state index in [2.05, 4.69) is 16.8 Å². The Kier molecular flexibility index (Phi) is 6.05. The molecular formula is C22H30N4O4S. The Bertz CT molecular complexity index is 1060. The van der Waals surface area contributed by atoms with Crippen LogP contribution in [0.25, 0.3) is 0 Å². The van der Waals surface area contributed by atoms with Gasteiger partial charge in [-0.2, -0.15) is 0 Å². The van der Waals surface area contributed by atoms with Gasteiger partial charge in [-0.05, 0) is 50.7 Å². The number of carbonyl (C=O) groups excluding carboxylic acids is 1. The average Bonchev–Trinajstić information content (AvgIpc) is 3.18. The summed E-state index contributed by atoms with van der Waals surface area (Å²) >= 11 is 0. The summed E-state index contributed by atoms with van der Waals surface area (Å²) in [7, 11) is -3.45. The Morgan fingerprint density at radius 2 is 1.90 bits per heavy atom. The third kappa shape index (κ3) is 4.76. The molecule has 0 radical (unpaired) electrons. The zero-order chi connectivity index (χ0) is 22.2. The maximum absolute atomic E-state index is 12.7. The molecule has 1 atom stereocenters. The molecule has 0 unspecified atom stereocenters. The second-order valence-electron chi connectivity index (χ2n) is 8.86. The molecular weight excluding hydrogens is 416 g/mol. The Morgan fingerprint density at radius 1 is 1.16 bits per heavy atom. The van der Waals surface area contributed by atoms with E-state index in [1.807, 2.05) is 6.92 Å². The summed E-state index contributed by atoms with van der Waals surface area (Å²) in [6.45, 7) is 6.86. The molecule has 0 spiro atoms. The molecule has 31 heavy (non-hydrogen) atoms. The molecule has 0 saturated carbocycles. The fourth-order valence-electron chi connectivity index (χ4n) is 4.54. The van der Waals surface area contributed by atoms with Crippen LogP contribution >= 0.6 is 0 Å². The maximum Gasteiger partial charge on any atom is 0.289 e. The monoisotopic (exact) mass is 446 g/mol. The molecule has 1 amide bonds. The summed E-state index contributed by atoms with van der Waals surface area (Å²) in [4.78, 5) is 26.0. The van der Waals surface area contributed by atoms with Crippen LogP contribution in [0.1, 0.15) is 60.5 Å². The van der Waals surface area contributed by atoms with Crippen molar-refractivity contribution in [3.63, 3.8) is 0 Å². The highest BCUT2D eigenvalue weighted by Gasteiger charge is 2.31. The van der Waals surface area contributed by atoms with E-state index in [9.17, 15) is 13.2 Å². The molecule has 2 aromatic rings. The van der Waals surface area contributed by atoms with Crippen LogP contribution in [0.15, 0.2) is 27.6 Å². The normalized spacial score (nSPS) is 20.8. The predicted molar refractivity (Wildman–Crippen MR) is 117 cm³/mol. The first-order chi connectivity index (χ1) is 14.7. The number of piperidine rings is 2. The van der Waals surface area contributed by atoms with E-state index in [0.717, 1.165) is 19.5 Å². The minimum atomic E-state index is -3.45. The molecule has 4 heterocycles. The van der Waals surface area contributed by atoms with E-state index in [0.29, 0.717) is 55.0 Å². The number of likely N-dealkylation sites (tertiary alicyclic amines) is 1. The van der Waals surface area contributed by atoms with Crippen molar-refractivity contribution in [3.8, 4) is 0 Å². The molecule has 168 valence electrons. The van der Waals surface area contributed by atoms with Crippen molar-refractivity contribution in [2.75, 3.05) is 37.3 Å². The van der Waals surface area contributed by atoms with Gasteiger partial charge in [0.25, 0.3) is 5.91 Å². The Balaban J connectivity index is 1.55. The Hall–Kier alpha value is -2.42. The van der Waals surface area contributed by atoms with E-state index in [1.165, 1.54) is 18.9 Å². The van der Waals surface area contributed by atoms with E-state index < -0.39 is 9.84 Å². The van der Waals surface area contributed by atoms with Gasteiger partial charge in [0, 0.05) is 38.4 Å². The largest absolute Gasteiger partial charge is 0.456 e. The van der Waals surface area contributed by atoms with E-state index >= 15 is 0 Å². The highest BCUT2D eigenvalue weighted by molar-refractivity contribution is 7.90. The minimum absolute atomic E-state index is 0.0314. The van der Waals surface area contributed by atoms with Crippen LogP contribution in [-0.4, -0.2) is 61.6 Å². The highest BCUT2D eigenvalue weighted by atomic mass is 32.2. The fraction of sp³-hybridized carbons (Fsp3) is 0.591. The molecule has 8 nitrogen and oxygen atoms in total. The van der Waals surface area contributed by atoms with Gasteiger partial charge < -0.3 is 14.2 Å². The van der Waals surface area contributed by atoms with Gasteiger partial charge in [-0.1, -0.05) is 6.92 Å². The van der Waals surface area contributed by atoms with Crippen LogP contribution in [0.3, 0.4) is 0 Å². The number of amides is 1. The molecule has 4 rings (SSSR count). The topological polar surface area (TPSA) is 96.6 Å². The molecule has 2 aliphatic rings. The molecule has 0 aliphatic carbocycles. The number of aromatic nitrogens is 2. The third-order valence-corrected chi connectivity index (χ3v) is 7.34. The number of carbonyl (C=O) groups is 1. The molecule has 0 N–H and O–H groups in total. The summed E-state index contributed by atoms with van der Waals surface area (Å²) < 4.78 is 30.3. The molecule has 0 aromatic carbocycles. The number of hydrogen-bond acceptors (Lipinski definition) is 7. The van der Waals surface area contributed by atoms with E-state index in [-0.39, 0.29) is 16.7 Å². The highest BCUT2D eigenvalue weighted by Crippen LogP contribution is 2.33. The second kappa shape index (κ2) is 8.61. The number of aryl methyl sites for hydroxylation is 1. The lowest BCUT2D eigenvalue weighted by Gasteiger charge is -2.33. The molecule has 2 fully saturated rings. The van der Waals surface area contributed by atoms with Gasteiger partial charge in [0.1, 0.15) is 10.7 Å². The van der Waals surface area contributed by atoms with Gasteiger partial charge in [0.2, 0.25) is 5.95 Å². The van der Waals surface area contributed by atoms with Gasteiger partial charge in [-0.15, -0.1) is 0 Å². The summed E-state index contributed by atoms with van der Waals surface area (Å²) in [5, 5.41) is 0. The summed E-state index contributed by atoms with van der Waals surface area (Å²) in [5.74, 6) is 2.07. The lowest BCUT2D eigenvalue weighted by molar-refractivity contribution is 0.0677. The first kappa shape index (κ1) is 21.8. The molecule has 0 bridgehead atoms. The van der Waals surface area contributed by atoms with Crippen LogP contribution in [-0.2, 0) is 9.84 Å². The number of furan rings is 1. The number of sulfone groups is 1. The van der Waals surface area contributed by atoms with Crippen molar-refractivity contribution in [3.05, 3.63) is 35.5 Å². The molecule has 2 aromatic heterocycles. The number of rotatable bonds is 4. The summed E-state index contributed by atoms with van der Waals surface area (Å²) in [6.07, 6.45) is 6.25. The molecule has 2 aliphatic heterocycles. The Labute approximate surface area is 183 Å². The first-order valence-electron chi connectivity index (χ1n) is 10.9. The zero-order valence-corrected chi connectivity index (χ0v) is 19.2. The third-order valence-electron chi connectivity index (χ3n) is 6.23. The zero-order valence-electron chi connectivity index (χ0n) is 18.4. The van der Waals surface area contributed by atoms with Gasteiger partial charge in [0.15, 0.2) is 15.6 Å². The quantitative estimate of drug-likeness (QED) is 0.712. The standard InChI is InChI=1S/C22H30N4O4S/c1-15-5-4-10-26(14-15)22-23-13-19(31(3,28)29)20(24-22)17-8-11-25(12-9-17)21(27)18-7-6-16(2)30-18/h6-7,13,15,17H,4-5,8-12,14H2,1-3H3/t15-/m1/s1. The van der Waals surface area contributed by atoms with Crippen molar-refractivity contribution in [2.24, 2.45) is 5.92 Å². The number of hydrogen-bond donors (Lipinski definition) is 0. The van der Waals surface area contributed by atoms with Crippen LogP contribution in [0, 0.1) is 12.8 Å². The van der Waals surface area contributed by atoms with Gasteiger partial charge in [-0.3, -0.25) is 4.79 Å². The first-order valence-corrected chi connectivity index (χ1v) is 12.8.